The Labute approximate surface area is 113 Å². The molecule has 1 aromatic carbocycles. The standard InChI is InChI=1S/C12H13BrFN3O/c1-7(2)15-6-11-16-12(18-17-11)9-5-8(14)3-4-10(9)13/h3-5,7,15H,6H2,1-2H3. The highest BCUT2D eigenvalue weighted by Crippen LogP contribution is 2.27. The van der Waals surface area contributed by atoms with Gasteiger partial charge in [0.1, 0.15) is 5.82 Å². The van der Waals surface area contributed by atoms with Crippen LogP contribution in [-0.2, 0) is 6.54 Å². The number of halogens is 2. The number of nitrogens with zero attached hydrogens (tertiary/aromatic N) is 2. The molecular formula is C12H13BrFN3O. The minimum Gasteiger partial charge on any atom is -0.334 e. The van der Waals surface area contributed by atoms with E-state index in [0.29, 0.717) is 29.9 Å². The minimum atomic E-state index is -0.340. The van der Waals surface area contributed by atoms with Crippen molar-refractivity contribution in [1.82, 2.24) is 15.5 Å². The Bertz CT molecular complexity index is 542. The van der Waals surface area contributed by atoms with E-state index in [1.54, 1.807) is 6.07 Å². The molecule has 0 atom stereocenters. The molecular weight excluding hydrogens is 301 g/mol. The molecule has 0 amide bonds. The molecule has 2 aromatic rings. The second-order valence-electron chi connectivity index (χ2n) is 4.18. The zero-order valence-corrected chi connectivity index (χ0v) is 11.7. The molecule has 1 aromatic heterocycles. The number of rotatable bonds is 4. The minimum absolute atomic E-state index is 0.307. The molecule has 96 valence electrons. The van der Waals surface area contributed by atoms with Gasteiger partial charge in [-0.3, -0.25) is 0 Å². The van der Waals surface area contributed by atoms with E-state index in [1.165, 1.54) is 12.1 Å². The van der Waals surface area contributed by atoms with Gasteiger partial charge >= 0.3 is 0 Å². The van der Waals surface area contributed by atoms with Gasteiger partial charge in [-0.2, -0.15) is 4.98 Å². The Hall–Kier alpha value is -1.27. The van der Waals surface area contributed by atoms with Crippen LogP contribution in [0.2, 0.25) is 0 Å². The van der Waals surface area contributed by atoms with Crippen LogP contribution in [0, 0.1) is 5.82 Å². The Balaban J connectivity index is 2.21. The van der Waals surface area contributed by atoms with Gasteiger partial charge in [0.25, 0.3) is 5.89 Å². The summed E-state index contributed by atoms with van der Waals surface area (Å²) >= 11 is 3.33. The van der Waals surface area contributed by atoms with Crippen molar-refractivity contribution in [1.29, 1.82) is 0 Å². The molecule has 18 heavy (non-hydrogen) atoms. The second-order valence-corrected chi connectivity index (χ2v) is 5.03. The van der Waals surface area contributed by atoms with Crippen LogP contribution in [0.3, 0.4) is 0 Å². The first-order valence-corrected chi connectivity index (χ1v) is 6.37. The van der Waals surface area contributed by atoms with Crippen LogP contribution in [-0.4, -0.2) is 16.2 Å². The number of benzene rings is 1. The van der Waals surface area contributed by atoms with Crippen molar-refractivity contribution in [3.63, 3.8) is 0 Å². The van der Waals surface area contributed by atoms with Crippen LogP contribution in [0.4, 0.5) is 4.39 Å². The molecule has 0 unspecified atom stereocenters. The van der Waals surface area contributed by atoms with Gasteiger partial charge in [-0.25, -0.2) is 4.39 Å². The zero-order chi connectivity index (χ0) is 13.1. The Morgan fingerprint density at radius 2 is 2.22 bits per heavy atom. The maximum atomic E-state index is 13.2. The largest absolute Gasteiger partial charge is 0.334 e. The van der Waals surface area contributed by atoms with Gasteiger partial charge in [0, 0.05) is 10.5 Å². The fraction of sp³-hybridized carbons (Fsp3) is 0.333. The first-order valence-electron chi connectivity index (χ1n) is 5.57. The van der Waals surface area contributed by atoms with Crippen molar-refractivity contribution in [2.75, 3.05) is 0 Å². The molecule has 0 spiro atoms. The lowest BCUT2D eigenvalue weighted by atomic mass is 10.2. The highest BCUT2D eigenvalue weighted by Gasteiger charge is 2.12. The lowest BCUT2D eigenvalue weighted by Crippen LogP contribution is -2.22. The first-order chi connectivity index (χ1) is 8.56. The summed E-state index contributed by atoms with van der Waals surface area (Å²) in [6, 6.07) is 4.68. The van der Waals surface area contributed by atoms with E-state index in [2.05, 4.69) is 31.4 Å². The smallest absolute Gasteiger partial charge is 0.259 e. The van der Waals surface area contributed by atoms with Crippen LogP contribution in [0.1, 0.15) is 19.7 Å². The Kier molecular flexibility index (Phi) is 4.08. The summed E-state index contributed by atoms with van der Waals surface area (Å²) < 4.78 is 19.0. The maximum absolute atomic E-state index is 13.2. The molecule has 0 aliphatic carbocycles. The normalized spacial score (nSPS) is 11.2. The number of aromatic nitrogens is 2. The van der Waals surface area contributed by atoms with Gasteiger partial charge in [0.2, 0.25) is 0 Å². The quantitative estimate of drug-likeness (QED) is 0.942. The molecule has 1 N–H and O–H groups in total. The molecule has 0 saturated heterocycles. The van der Waals surface area contributed by atoms with Gasteiger partial charge in [-0.05, 0) is 34.1 Å². The van der Waals surface area contributed by atoms with Gasteiger partial charge < -0.3 is 9.84 Å². The summed E-state index contributed by atoms with van der Waals surface area (Å²) in [5.74, 6) is 0.519. The highest BCUT2D eigenvalue weighted by atomic mass is 79.9. The summed E-state index contributed by atoms with van der Waals surface area (Å²) in [5.41, 5.74) is 0.554. The van der Waals surface area contributed by atoms with E-state index < -0.39 is 0 Å². The van der Waals surface area contributed by atoms with E-state index in [1.807, 2.05) is 13.8 Å². The van der Waals surface area contributed by atoms with Crippen molar-refractivity contribution in [3.05, 3.63) is 34.3 Å². The Morgan fingerprint density at radius 3 is 2.94 bits per heavy atom. The zero-order valence-electron chi connectivity index (χ0n) is 10.1. The van der Waals surface area contributed by atoms with E-state index in [-0.39, 0.29) is 5.82 Å². The van der Waals surface area contributed by atoms with Crippen LogP contribution < -0.4 is 5.32 Å². The Morgan fingerprint density at radius 1 is 1.44 bits per heavy atom. The van der Waals surface area contributed by atoms with E-state index in [0.717, 1.165) is 4.47 Å². The third kappa shape index (κ3) is 3.14. The van der Waals surface area contributed by atoms with Gasteiger partial charge in [-0.1, -0.05) is 19.0 Å². The van der Waals surface area contributed by atoms with Crippen LogP contribution in [0.5, 0.6) is 0 Å². The monoisotopic (exact) mass is 313 g/mol. The van der Waals surface area contributed by atoms with Crippen LogP contribution in [0.25, 0.3) is 11.5 Å². The predicted octanol–water partition coefficient (Wildman–Crippen LogP) is 3.14. The van der Waals surface area contributed by atoms with Crippen LogP contribution in [0.15, 0.2) is 27.2 Å². The molecule has 2 rings (SSSR count). The summed E-state index contributed by atoms with van der Waals surface area (Å²) in [6.45, 7) is 4.59. The van der Waals surface area contributed by atoms with E-state index in [4.69, 9.17) is 4.52 Å². The third-order valence-electron chi connectivity index (χ3n) is 2.30. The van der Waals surface area contributed by atoms with Crippen molar-refractivity contribution >= 4 is 15.9 Å². The van der Waals surface area contributed by atoms with Crippen LogP contribution >= 0.6 is 15.9 Å². The summed E-state index contributed by atoms with van der Waals surface area (Å²) in [4.78, 5) is 4.22. The topological polar surface area (TPSA) is 51.0 Å². The average molecular weight is 314 g/mol. The summed E-state index contributed by atoms with van der Waals surface area (Å²) in [6.07, 6.45) is 0. The second kappa shape index (κ2) is 5.58. The maximum Gasteiger partial charge on any atom is 0.259 e. The molecule has 0 saturated carbocycles. The van der Waals surface area contributed by atoms with Crippen molar-refractivity contribution in [2.24, 2.45) is 0 Å². The molecule has 0 aliphatic rings. The third-order valence-corrected chi connectivity index (χ3v) is 2.99. The lowest BCUT2D eigenvalue weighted by Gasteiger charge is -2.03. The average Bonchev–Trinajstić information content (AvgIpc) is 2.78. The summed E-state index contributed by atoms with van der Waals surface area (Å²) in [5, 5.41) is 7.03. The van der Waals surface area contributed by atoms with E-state index in [9.17, 15) is 4.39 Å². The lowest BCUT2D eigenvalue weighted by molar-refractivity contribution is 0.416. The van der Waals surface area contributed by atoms with Gasteiger partial charge in [-0.15, -0.1) is 0 Å². The van der Waals surface area contributed by atoms with Crippen molar-refractivity contribution in [3.8, 4) is 11.5 Å². The molecule has 0 aliphatic heterocycles. The molecule has 0 radical (unpaired) electrons. The van der Waals surface area contributed by atoms with Crippen molar-refractivity contribution < 1.29 is 8.91 Å². The molecule has 0 fully saturated rings. The fourth-order valence-electron chi connectivity index (χ4n) is 1.39. The number of hydrogen-bond donors (Lipinski definition) is 1. The first kappa shape index (κ1) is 13.2. The van der Waals surface area contributed by atoms with Gasteiger partial charge in [0.05, 0.1) is 12.1 Å². The fourth-order valence-corrected chi connectivity index (χ4v) is 1.81. The highest BCUT2D eigenvalue weighted by molar-refractivity contribution is 9.10. The van der Waals surface area contributed by atoms with Crippen molar-refractivity contribution in [2.45, 2.75) is 26.4 Å². The van der Waals surface area contributed by atoms with E-state index >= 15 is 0 Å². The molecule has 1 heterocycles. The number of hydrogen-bond acceptors (Lipinski definition) is 4. The predicted molar refractivity (Wildman–Crippen MR) is 69.4 cm³/mol. The number of nitrogens with one attached hydrogen (secondary N) is 1. The SMILES string of the molecule is CC(C)NCc1noc(-c2cc(F)ccc2Br)n1. The molecule has 4 nitrogen and oxygen atoms in total. The van der Waals surface area contributed by atoms with Gasteiger partial charge in [0.15, 0.2) is 5.82 Å². The molecule has 6 heteroatoms. The summed E-state index contributed by atoms with van der Waals surface area (Å²) in [7, 11) is 0. The molecule has 0 bridgehead atoms.